The van der Waals surface area contributed by atoms with Gasteiger partial charge in [-0.25, -0.2) is 0 Å². The maximum Gasteiger partial charge on any atom is 0.223 e. The molecule has 0 spiro atoms. The molecule has 0 aliphatic carbocycles. The quantitative estimate of drug-likeness (QED) is 0.785. The van der Waals surface area contributed by atoms with E-state index in [1.54, 1.807) is 0 Å². The molecule has 1 aromatic carbocycles. The lowest BCUT2D eigenvalue weighted by Crippen LogP contribution is -2.07. The lowest BCUT2D eigenvalue weighted by molar-refractivity contribution is 0.967. The molecule has 0 atom stereocenters. The van der Waals surface area contributed by atoms with E-state index in [1.165, 1.54) is 0 Å². The van der Waals surface area contributed by atoms with E-state index in [-0.39, 0.29) is 5.95 Å². The average Bonchev–Trinajstić information content (AvgIpc) is 2.39. The van der Waals surface area contributed by atoms with Crippen LogP contribution in [0.25, 0.3) is 0 Å². The largest absolute Gasteiger partial charge is 0.370 e. The summed E-state index contributed by atoms with van der Waals surface area (Å²) in [5, 5.41) is 6.98. The third kappa shape index (κ3) is 3.74. The monoisotopic (exact) mass is 291 g/mol. The van der Waals surface area contributed by atoms with Gasteiger partial charge in [0.2, 0.25) is 5.95 Å². The number of nitrogen functional groups attached to an aromatic ring is 1. The van der Waals surface area contributed by atoms with Crippen molar-refractivity contribution >= 4 is 34.9 Å². The number of nitrogens with zero attached hydrogens (tertiary/aromatic N) is 2. The minimum atomic E-state index is 0.219. The van der Waals surface area contributed by atoms with Crippen molar-refractivity contribution in [3.63, 3.8) is 0 Å². The number of hydrogen-bond donors (Lipinski definition) is 3. The number of nitrogens with one attached hydrogen (secondary N) is 2. The molecule has 0 saturated carbocycles. The van der Waals surface area contributed by atoms with Crippen LogP contribution in [0.5, 0.6) is 0 Å². The Balaban J connectivity index is 2.21. The SMILES string of the molecule is CCCNc1cc(Nc2ccc(C)cc2Cl)nc(N)n1. The first kappa shape index (κ1) is 14.4. The van der Waals surface area contributed by atoms with Gasteiger partial charge < -0.3 is 16.4 Å². The second-order valence-corrected chi connectivity index (χ2v) is 4.94. The molecule has 0 bridgehead atoms. The Kier molecular flexibility index (Phi) is 4.63. The standard InChI is InChI=1S/C14H18ClN5/c1-3-6-17-12-8-13(20-14(16)19-12)18-11-5-4-9(2)7-10(11)15/h4-5,7-8H,3,6H2,1-2H3,(H4,16,17,18,19,20). The van der Waals surface area contributed by atoms with E-state index in [2.05, 4.69) is 27.5 Å². The minimum absolute atomic E-state index is 0.219. The lowest BCUT2D eigenvalue weighted by atomic mass is 10.2. The highest BCUT2D eigenvalue weighted by Gasteiger charge is 2.05. The van der Waals surface area contributed by atoms with Gasteiger partial charge in [-0.2, -0.15) is 9.97 Å². The molecule has 5 nitrogen and oxygen atoms in total. The van der Waals surface area contributed by atoms with Crippen LogP contribution < -0.4 is 16.4 Å². The number of halogens is 1. The van der Waals surface area contributed by atoms with Gasteiger partial charge in [0.25, 0.3) is 0 Å². The average molecular weight is 292 g/mol. The highest BCUT2D eigenvalue weighted by molar-refractivity contribution is 6.33. The van der Waals surface area contributed by atoms with Crippen molar-refractivity contribution in [1.82, 2.24) is 9.97 Å². The molecule has 0 saturated heterocycles. The molecule has 0 radical (unpaired) electrons. The maximum absolute atomic E-state index is 6.19. The molecule has 0 unspecified atom stereocenters. The van der Waals surface area contributed by atoms with E-state index in [9.17, 15) is 0 Å². The molecule has 2 aromatic rings. The molecule has 2 rings (SSSR count). The molecular formula is C14H18ClN5. The molecule has 1 heterocycles. The van der Waals surface area contributed by atoms with Gasteiger partial charge in [0, 0.05) is 12.6 Å². The number of nitrogens with two attached hydrogens (primary N) is 1. The van der Waals surface area contributed by atoms with Crippen molar-refractivity contribution in [2.45, 2.75) is 20.3 Å². The fraction of sp³-hybridized carbons (Fsp3) is 0.286. The van der Waals surface area contributed by atoms with Gasteiger partial charge in [0.1, 0.15) is 11.6 Å². The van der Waals surface area contributed by atoms with Crippen LogP contribution in [0, 0.1) is 6.92 Å². The van der Waals surface area contributed by atoms with Crippen LogP contribution in [0.15, 0.2) is 24.3 Å². The van der Waals surface area contributed by atoms with E-state index >= 15 is 0 Å². The van der Waals surface area contributed by atoms with Crippen LogP contribution in [0.3, 0.4) is 0 Å². The van der Waals surface area contributed by atoms with Crippen molar-refractivity contribution < 1.29 is 0 Å². The Labute approximate surface area is 123 Å². The van der Waals surface area contributed by atoms with Crippen LogP contribution in [-0.2, 0) is 0 Å². The summed E-state index contributed by atoms with van der Waals surface area (Å²) in [6.07, 6.45) is 1.01. The predicted octanol–water partition coefficient (Wildman–Crippen LogP) is 3.59. The van der Waals surface area contributed by atoms with Gasteiger partial charge in [0.15, 0.2) is 0 Å². The molecule has 6 heteroatoms. The zero-order chi connectivity index (χ0) is 14.5. The van der Waals surface area contributed by atoms with Gasteiger partial charge in [-0.1, -0.05) is 24.6 Å². The van der Waals surface area contributed by atoms with Gasteiger partial charge in [-0.3, -0.25) is 0 Å². The number of aromatic nitrogens is 2. The Bertz CT molecular complexity index is 600. The molecule has 0 aliphatic heterocycles. The van der Waals surface area contributed by atoms with Crippen LogP contribution in [0.4, 0.5) is 23.3 Å². The van der Waals surface area contributed by atoms with Crippen molar-refractivity contribution in [3.8, 4) is 0 Å². The molecule has 0 aliphatic rings. The Hall–Kier alpha value is -2.01. The highest BCUT2D eigenvalue weighted by Crippen LogP contribution is 2.26. The number of aryl methyl sites for hydroxylation is 1. The molecule has 106 valence electrons. The number of benzene rings is 1. The molecular weight excluding hydrogens is 274 g/mol. The maximum atomic E-state index is 6.19. The van der Waals surface area contributed by atoms with E-state index < -0.39 is 0 Å². The van der Waals surface area contributed by atoms with Crippen LogP contribution in [-0.4, -0.2) is 16.5 Å². The zero-order valence-corrected chi connectivity index (χ0v) is 12.3. The Morgan fingerprint density at radius 2 is 1.95 bits per heavy atom. The van der Waals surface area contributed by atoms with Crippen molar-refractivity contribution in [2.24, 2.45) is 0 Å². The predicted molar refractivity (Wildman–Crippen MR) is 84.7 cm³/mol. The highest BCUT2D eigenvalue weighted by atomic mass is 35.5. The van der Waals surface area contributed by atoms with E-state index in [4.69, 9.17) is 17.3 Å². The third-order valence-electron chi connectivity index (χ3n) is 2.69. The van der Waals surface area contributed by atoms with E-state index in [1.807, 2.05) is 31.2 Å². The van der Waals surface area contributed by atoms with Gasteiger partial charge in [-0.05, 0) is 31.0 Å². The van der Waals surface area contributed by atoms with E-state index in [0.29, 0.717) is 16.7 Å². The summed E-state index contributed by atoms with van der Waals surface area (Å²) in [5.41, 5.74) is 7.61. The summed E-state index contributed by atoms with van der Waals surface area (Å²) < 4.78 is 0. The minimum Gasteiger partial charge on any atom is -0.370 e. The van der Waals surface area contributed by atoms with Crippen LogP contribution >= 0.6 is 11.6 Å². The smallest absolute Gasteiger partial charge is 0.223 e. The number of anilines is 4. The molecule has 1 aromatic heterocycles. The van der Waals surface area contributed by atoms with Crippen LogP contribution in [0.1, 0.15) is 18.9 Å². The second kappa shape index (κ2) is 6.43. The molecule has 0 amide bonds. The summed E-state index contributed by atoms with van der Waals surface area (Å²) in [4.78, 5) is 8.29. The van der Waals surface area contributed by atoms with Gasteiger partial charge in [0.05, 0.1) is 10.7 Å². The summed E-state index contributed by atoms with van der Waals surface area (Å²) in [6, 6.07) is 7.59. The Morgan fingerprint density at radius 3 is 2.65 bits per heavy atom. The van der Waals surface area contributed by atoms with Crippen molar-refractivity contribution in [3.05, 3.63) is 34.9 Å². The first-order valence-corrected chi connectivity index (χ1v) is 6.88. The number of rotatable bonds is 5. The summed E-state index contributed by atoms with van der Waals surface area (Å²) in [6.45, 7) is 4.91. The lowest BCUT2D eigenvalue weighted by Gasteiger charge is -2.11. The normalized spacial score (nSPS) is 10.3. The van der Waals surface area contributed by atoms with Gasteiger partial charge in [-0.15, -0.1) is 0 Å². The summed E-state index contributed by atoms with van der Waals surface area (Å²) >= 11 is 6.19. The summed E-state index contributed by atoms with van der Waals surface area (Å²) in [5.74, 6) is 1.53. The Morgan fingerprint density at radius 1 is 1.20 bits per heavy atom. The van der Waals surface area contributed by atoms with Crippen LogP contribution in [0.2, 0.25) is 5.02 Å². The fourth-order valence-electron chi connectivity index (χ4n) is 1.73. The fourth-order valence-corrected chi connectivity index (χ4v) is 2.02. The third-order valence-corrected chi connectivity index (χ3v) is 3.00. The zero-order valence-electron chi connectivity index (χ0n) is 11.6. The first-order valence-electron chi connectivity index (χ1n) is 6.50. The summed E-state index contributed by atoms with van der Waals surface area (Å²) in [7, 11) is 0. The van der Waals surface area contributed by atoms with E-state index in [0.717, 1.165) is 24.2 Å². The molecule has 20 heavy (non-hydrogen) atoms. The number of hydrogen-bond acceptors (Lipinski definition) is 5. The van der Waals surface area contributed by atoms with Crippen molar-refractivity contribution in [2.75, 3.05) is 22.9 Å². The topological polar surface area (TPSA) is 75.9 Å². The van der Waals surface area contributed by atoms with Gasteiger partial charge >= 0.3 is 0 Å². The molecule has 4 N–H and O–H groups in total. The van der Waals surface area contributed by atoms with Crippen molar-refractivity contribution in [1.29, 1.82) is 0 Å². The molecule has 0 fully saturated rings. The first-order chi connectivity index (χ1) is 9.58. The second-order valence-electron chi connectivity index (χ2n) is 4.53.